The van der Waals surface area contributed by atoms with Crippen molar-refractivity contribution >= 4 is 28.4 Å². The first-order valence-electron chi connectivity index (χ1n) is 5.02. The smallest absolute Gasteiger partial charge is 0.133 e. The molecule has 0 spiro atoms. The fourth-order valence-electron chi connectivity index (χ4n) is 1.32. The summed E-state index contributed by atoms with van der Waals surface area (Å²) in [7, 11) is 4.16. The van der Waals surface area contributed by atoms with Crippen molar-refractivity contribution in [1.29, 1.82) is 0 Å². The van der Waals surface area contributed by atoms with Crippen LogP contribution in [0.1, 0.15) is 19.3 Å². The van der Waals surface area contributed by atoms with E-state index in [-0.39, 0.29) is 6.61 Å². The van der Waals surface area contributed by atoms with Crippen LogP contribution >= 0.6 is 22.6 Å². The lowest BCUT2D eigenvalue weighted by Gasteiger charge is -2.28. The predicted molar refractivity (Wildman–Crippen MR) is 66.7 cm³/mol. The standard InChI is InChI=1S/C10H21INO2/c1-12(2,8-9-13)7-3-4-10(14)5-6-11/h13H,3-9H2,1-2H3/q+1. The summed E-state index contributed by atoms with van der Waals surface area (Å²) in [5.41, 5.74) is 0. The van der Waals surface area contributed by atoms with Crippen molar-refractivity contribution in [2.75, 3.05) is 38.2 Å². The largest absolute Gasteiger partial charge is 0.391 e. The molecule has 0 heterocycles. The van der Waals surface area contributed by atoms with Crippen LogP contribution in [0.5, 0.6) is 0 Å². The number of aliphatic hydroxyl groups is 1. The SMILES string of the molecule is C[N+](C)(CCO)CCCC(=O)CCI. The van der Waals surface area contributed by atoms with Gasteiger partial charge in [-0.15, -0.1) is 0 Å². The first-order chi connectivity index (χ1) is 6.52. The number of Topliss-reactive ketones (excluding diaryl/α,β-unsaturated/α-hetero) is 1. The lowest BCUT2D eigenvalue weighted by Crippen LogP contribution is -2.42. The molecule has 0 saturated heterocycles. The molecule has 4 heteroatoms. The van der Waals surface area contributed by atoms with E-state index in [2.05, 4.69) is 36.7 Å². The maximum absolute atomic E-state index is 11.2. The lowest BCUT2D eigenvalue weighted by atomic mass is 10.1. The van der Waals surface area contributed by atoms with Crippen LogP contribution in [0, 0.1) is 0 Å². The van der Waals surface area contributed by atoms with Gasteiger partial charge in [0.25, 0.3) is 0 Å². The second kappa shape index (κ2) is 7.59. The van der Waals surface area contributed by atoms with Gasteiger partial charge in [0, 0.05) is 23.7 Å². The minimum atomic E-state index is 0.217. The van der Waals surface area contributed by atoms with Gasteiger partial charge in [-0.2, -0.15) is 0 Å². The number of hydrogen-bond acceptors (Lipinski definition) is 2. The monoisotopic (exact) mass is 314 g/mol. The second-order valence-corrected chi connectivity index (χ2v) is 5.27. The van der Waals surface area contributed by atoms with Crippen LogP contribution in [-0.4, -0.2) is 53.6 Å². The summed E-state index contributed by atoms with van der Waals surface area (Å²) >= 11 is 2.23. The van der Waals surface area contributed by atoms with E-state index in [1.807, 2.05) is 0 Å². The molecule has 0 aromatic carbocycles. The Morgan fingerprint density at radius 2 is 1.93 bits per heavy atom. The Labute approximate surface area is 100 Å². The molecular weight excluding hydrogens is 293 g/mol. The minimum Gasteiger partial charge on any atom is -0.391 e. The quantitative estimate of drug-likeness (QED) is 0.416. The zero-order valence-corrected chi connectivity index (χ0v) is 11.3. The highest BCUT2D eigenvalue weighted by Crippen LogP contribution is 2.03. The van der Waals surface area contributed by atoms with E-state index in [0.717, 1.165) is 28.4 Å². The van der Waals surface area contributed by atoms with Gasteiger partial charge in [-0.3, -0.25) is 4.79 Å². The highest BCUT2D eigenvalue weighted by molar-refractivity contribution is 14.1. The molecule has 0 bridgehead atoms. The Morgan fingerprint density at radius 3 is 2.43 bits per heavy atom. The highest BCUT2D eigenvalue weighted by Gasteiger charge is 2.14. The van der Waals surface area contributed by atoms with Gasteiger partial charge < -0.3 is 9.59 Å². The summed E-state index contributed by atoms with van der Waals surface area (Å²) in [6.07, 6.45) is 2.33. The molecule has 0 amide bonds. The molecule has 0 atom stereocenters. The van der Waals surface area contributed by atoms with Crippen LogP contribution in [0.25, 0.3) is 0 Å². The molecule has 0 radical (unpaired) electrons. The molecule has 0 unspecified atom stereocenters. The van der Waals surface area contributed by atoms with E-state index in [4.69, 9.17) is 5.11 Å². The number of rotatable bonds is 8. The predicted octanol–water partition coefficient (Wildman–Crippen LogP) is 1.23. The number of alkyl halides is 1. The Bertz CT molecular complexity index is 172. The summed E-state index contributed by atoms with van der Waals surface area (Å²) in [5, 5.41) is 8.81. The molecule has 1 N–H and O–H groups in total. The molecule has 14 heavy (non-hydrogen) atoms. The van der Waals surface area contributed by atoms with Crippen molar-refractivity contribution in [3.8, 4) is 0 Å². The molecule has 0 aromatic heterocycles. The molecule has 0 fully saturated rings. The first-order valence-corrected chi connectivity index (χ1v) is 6.55. The van der Waals surface area contributed by atoms with E-state index in [1.165, 1.54) is 0 Å². The number of aliphatic hydroxyl groups excluding tert-OH is 1. The van der Waals surface area contributed by atoms with Crippen LogP contribution in [0.15, 0.2) is 0 Å². The summed E-state index contributed by atoms with van der Waals surface area (Å²) in [4.78, 5) is 11.2. The summed E-state index contributed by atoms with van der Waals surface area (Å²) in [6, 6.07) is 0. The number of carbonyl (C=O) groups is 1. The molecule has 84 valence electrons. The van der Waals surface area contributed by atoms with E-state index < -0.39 is 0 Å². The van der Waals surface area contributed by atoms with Crippen LogP contribution in [0.2, 0.25) is 0 Å². The normalized spacial score (nSPS) is 11.7. The number of carbonyl (C=O) groups excluding carboxylic acids is 1. The fraction of sp³-hybridized carbons (Fsp3) is 0.900. The van der Waals surface area contributed by atoms with Crippen molar-refractivity contribution in [2.24, 2.45) is 0 Å². The number of hydrogen-bond donors (Lipinski definition) is 1. The maximum Gasteiger partial charge on any atom is 0.133 e. The third kappa shape index (κ3) is 7.70. The van der Waals surface area contributed by atoms with Crippen LogP contribution < -0.4 is 0 Å². The van der Waals surface area contributed by atoms with Crippen LogP contribution in [0.4, 0.5) is 0 Å². The first kappa shape index (κ1) is 14.3. The van der Waals surface area contributed by atoms with Gasteiger partial charge >= 0.3 is 0 Å². The average Bonchev–Trinajstić information content (AvgIpc) is 2.03. The van der Waals surface area contributed by atoms with Gasteiger partial charge in [0.15, 0.2) is 0 Å². The fourth-order valence-corrected chi connectivity index (χ4v) is 1.92. The molecule has 0 aliphatic carbocycles. The van der Waals surface area contributed by atoms with Gasteiger partial charge in [-0.1, -0.05) is 22.6 Å². The molecule has 0 aliphatic rings. The van der Waals surface area contributed by atoms with Crippen molar-refractivity contribution in [1.82, 2.24) is 0 Å². The van der Waals surface area contributed by atoms with E-state index >= 15 is 0 Å². The van der Waals surface area contributed by atoms with Gasteiger partial charge in [0.2, 0.25) is 0 Å². The van der Waals surface area contributed by atoms with Gasteiger partial charge in [-0.25, -0.2) is 0 Å². The minimum absolute atomic E-state index is 0.217. The molecule has 0 aromatic rings. The number of nitrogens with zero attached hydrogens (tertiary/aromatic N) is 1. The Kier molecular flexibility index (Phi) is 7.76. The molecule has 0 rings (SSSR count). The molecule has 0 saturated carbocycles. The van der Waals surface area contributed by atoms with E-state index in [9.17, 15) is 4.79 Å². The van der Waals surface area contributed by atoms with Gasteiger partial charge in [0.05, 0.1) is 27.2 Å². The summed E-state index contributed by atoms with van der Waals surface area (Å²) < 4.78 is 1.72. The van der Waals surface area contributed by atoms with Gasteiger partial charge in [0.1, 0.15) is 12.3 Å². The number of halogens is 1. The van der Waals surface area contributed by atoms with E-state index in [0.29, 0.717) is 18.6 Å². The number of ketones is 1. The highest BCUT2D eigenvalue weighted by atomic mass is 127. The summed E-state index contributed by atoms with van der Waals surface area (Å²) in [5.74, 6) is 0.364. The Hall–Kier alpha value is 0.320. The van der Waals surface area contributed by atoms with Gasteiger partial charge in [-0.05, 0) is 0 Å². The third-order valence-electron chi connectivity index (χ3n) is 2.30. The van der Waals surface area contributed by atoms with Crippen LogP contribution in [-0.2, 0) is 4.79 Å². The number of likely N-dealkylation sites (N-methyl/N-ethyl adjacent to an activating group) is 1. The molecule has 0 aliphatic heterocycles. The molecule has 3 nitrogen and oxygen atoms in total. The number of quaternary nitrogens is 1. The topological polar surface area (TPSA) is 37.3 Å². The zero-order valence-electron chi connectivity index (χ0n) is 9.13. The summed E-state index contributed by atoms with van der Waals surface area (Å²) in [6.45, 7) is 1.95. The molecular formula is C10H21INO2+. The van der Waals surface area contributed by atoms with E-state index in [1.54, 1.807) is 0 Å². The van der Waals surface area contributed by atoms with Crippen molar-refractivity contribution < 1.29 is 14.4 Å². The zero-order chi connectivity index (χ0) is 11.0. The maximum atomic E-state index is 11.2. The average molecular weight is 314 g/mol. The van der Waals surface area contributed by atoms with Crippen molar-refractivity contribution in [3.63, 3.8) is 0 Å². The second-order valence-electron chi connectivity index (χ2n) is 4.19. The Morgan fingerprint density at radius 1 is 1.29 bits per heavy atom. The third-order valence-corrected chi connectivity index (χ3v) is 2.84. The van der Waals surface area contributed by atoms with Crippen molar-refractivity contribution in [3.05, 3.63) is 0 Å². The lowest BCUT2D eigenvalue weighted by molar-refractivity contribution is -0.890. The van der Waals surface area contributed by atoms with Crippen LogP contribution in [0.3, 0.4) is 0 Å². The Balaban J connectivity index is 3.57. The van der Waals surface area contributed by atoms with Crippen molar-refractivity contribution in [2.45, 2.75) is 19.3 Å².